The van der Waals surface area contributed by atoms with Crippen molar-refractivity contribution in [2.24, 2.45) is 0 Å². The van der Waals surface area contributed by atoms with Gasteiger partial charge < -0.3 is 5.32 Å². The maximum Gasteiger partial charge on any atom is 0.0453 e. The summed E-state index contributed by atoms with van der Waals surface area (Å²) < 4.78 is 0. The van der Waals surface area contributed by atoms with E-state index in [1.807, 2.05) is 36.7 Å². The van der Waals surface area contributed by atoms with Gasteiger partial charge in [0.2, 0.25) is 0 Å². The molecule has 0 radical (unpaired) electrons. The molecule has 0 aliphatic carbocycles. The van der Waals surface area contributed by atoms with Gasteiger partial charge >= 0.3 is 0 Å². The van der Waals surface area contributed by atoms with Gasteiger partial charge in [0, 0.05) is 28.5 Å². The summed E-state index contributed by atoms with van der Waals surface area (Å²) in [7, 11) is 0. The first-order valence-corrected chi connectivity index (χ1v) is 6.99. The minimum absolute atomic E-state index is 0.300. The van der Waals surface area contributed by atoms with Crippen LogP contribution in [-0.4, -0.2) is 11.5 Å². The van der Waals surface area contributed by atoms with Crippen molar-refractivity contribution in [3.63, 3.8) is 0 Å². The monoisotopic (exact) mass is 294 g/mol. The van der Waals surface area contributed by atoms with Crippen molar-refractivity contribution in [3.05, 3.63) is 63.9 Å². The van der Waals surface area contributed by atoms with Gasteiger partial charge in [-0.15, -0.1) is 0 Å². The Labute approximate surface area is 123 Å². The van der Waals surface area contributed by atoms with Crippen LogP contribution in [0.15, 0.2) is 42.7 Å². The third-order valence-electron chi connectivity index (χ3n) is 3.07. The fourth-order valence-electron chi connectivity index (χ4n) is 1.92. The van der Waals surface area contributed by atoms with Gasteiger partial charge in [0.1, 0.15) is 0 Å². The van der Waals surface area contributed by atoms with Gasteiger partial charge in [0.25, 0.3) is 0 Å². The Kier molecular flexibility index (Phi) is 5.20. The molecule has 0 aliphatic heterocycles. The van der Waals surface area contributed by atoms with E-state index in [0.29, 0.717) is 11.1 Å². The molecule has 1 unspecified atom stereocenters. The standard InChI is InChI=1S/C15H16Cl2N2/c1-11(12-4-7-18-8-5-12)19-9-6-13-2-3-14(16)10-15(13)17/h2-5,7-8,10-11,19H,6,9H2,1H3. The van der Waals surface area contributed by atoms with Crippen molar-refractivity contribution in [1.82, 2.24) is 10.3 Å². The lowest BCUT2D eigenvalue weighted by molar-refractivity contribution is 0.576. The van der Waals surface area contributed by atoms with Crippen LogP contribution in [0.1, 0.15) is 24.1 Å². The Bertz CT molecular complexity index is 529. The second-order valence-electron chi connectivity index (χ2n) is 4.44. The average Bonchev–Trinajstić information content (AvgIpc) is 2.42. The number of aromatic nitrogens is 1. The van der Waals surface area contributed by atoms with E-state index >= 15 is 0 Å². The van der Waals surface area contributed by atoms with Gasteiger partial charge in [0.15, 0.2) is 0 Å². The number of benzene rings is 1. The van der Waals surface area contributed by atoms with Crippen LogP contribution in [0.5, 0.6) is 0 Å². The number of hydrogen-bond acceptors (Lipinski definition) is 2. The molecule has 0 saturated heterocycles. The van der Waals surface area contributed by atoms with E-state index in [-0.39, 0.29) is 0 Å². The Morgan fingerprint density at radius 3 is 2.58 bits per heavy atom. The minimum Gasteiger partial charge on any atom is -0.310 e. The Morgan fingerprint density at radius 2 is 1.89 bits per heavy atom. The maximum absolute atomic E-state index is 6.14. The zero-order valence-corrected chi connectivity index (χ0v) is 12.2. The van der Waals surface area contributed by atoms with Crippen LogP contribution < -0.4 is 5.32 Å². The van der Waals surface area contributed by atoms with E-state index in [4.69, 9.17) is 23.2 Å². The predicted molar refractivity (Wildman–Crippen MR) is 80.8 cm³/mol. The fourth-order valence-corrected chi connectivity index (χ4v) is 2.42. The summed E-state index contributed by atoms with van der Waals surface area (Å²) in [5, 5.41) is 4.87. The van der Waals surface area contributed by atoms with Gasteiger partial charge in [-0.2, -0.15) is 0 Å². The van der Waals surface area contributed by atoms with E-state index in [0.717, 1.165) is 23.6 Å². The van der Waals surface area contributed by atoms with Crippen molar-refractivity contribution >= 4 is 23.2 Å². The van der Waals surface area contributed by atoms with Crippen LogP contribution in [-0.2, 0) is 6.42 Å². The molecule has 2 aromatic rings. The summed E-state index contributed by atoms with van der Waals surface area (Å²) >= 11 is 12.0. The molecule has 2 rings (SSSR count). The first-order chi connectivity index (χ1) is 9.16. The number of rotatable bonds is 5. The van der Waals surface area contributed by atoms with E-state index in [9.17, 15) is 0 Å². The SMILES string of the molecule is CC(NCCc1ccc(Cl)cc1Cl)c1ccncc1. The molecule has 1 heterocycles. The lowest BCUT2D eigenvalue weighted by atomic mass is 10.1. The molecule has 1 aromatic heterocycles. The molecule has 1 aromatic carbocycles. The summed E-state index contributed by atoms with van der Waals surface area (Å²) in [6.45, 7) is 3.00. The molecule has 0 fully saturated rings. The van der Waals surface area contributed by atoms with Gasteiger partial charge in [0.05, 0.1) is 0 Å². The van der Waals surface area contributed by atoms with Crippen LogP contribution in [0, 0.1) is 0 Å². The van der Waals surface area contributed by atoms with Gasteiger partial charge in [-0.1, -0.05) is 29.3 Å². The van der Waals surface area contributed by atoms with Crippen molar-refractivity contribution in [2.45, 2.75) is 19.4 Å². The summed E-state index contributed by atoms with van der Waals surface area (Å²) in [5.74, 6) is 0. The molecule has 19 heavy (non-hydrogen) atoms. The zero-order chi connectivity index (χ0) is 13.7. The van der Waals surface area contributed by atoms with Crippen molar-refractivity contribution in [2.75, 3.05) is 6.54 Å². The summed E-state index contributed by atoms with van der Waals surface area (Å²) in [4.78, 5) is 4.02. The van der Waals surface area contributed by atoms with Crippen molar-refractivity contribution in [3.8, 4) is 0 Å². The van der Waals surface area contributed by atoms with Crippen LogP contribution in [0.4, 0.5) is 0 Å². The first-order valence-electron chi connectivity index (χ1n) is 6.24. The highest BCUT2D eigenvalue weighted by atomic mass is 35.5. The van der Waals surface area contributed by atoms with Crippen molar-refractivity contribution in [1.29, 1.82) is 0 Å². The zero-order valence-electron chi connectivity index (χ0n) is 10.7. The highest BCUT2D eigenvalue weighted by Crippen LogP contribution is 2.21. The molecule has 4 heteroatoms. The highest BCUT2D eigenvalue weighted by molar-refractivity contribution is 6.35. The Morgan fingerprint density at radius 1 is 1.16 bits per heavy atom. The normalized spacial score (nSPS) is 12.4. The summed E-state index contributed by atoms with van der Waals surface area (Å²) in [6, 6.07) is 9.97. The van der Waals surface area contributed by atoms with Gasteiger partial charge in [-0.25, -0.2) is 0 Å². The van der Waals surface area contributed by atoms with Crippen LogP contribution in [0.25, 0.3) is 0 Å². The van der Waals surface area contributed by atoms with Crippen LogP contribution in [0.2, 0.25) is 10.0 Å². The number of hydrogen-bond donors (Lipinski definition) is 1. The average molecular weight is 295 g/mol. The molecule has 1 atom stereocenters. The molecule has 1 N–H and O–H groups in total. The first kappa shape index (κ1) is 14.3. The summed E-state index contributed by atoms with van der Waals surface area (Å²) in [5.41, 5.74) is 2.35. The highest BCUT2D eigenvalue weighted by Gasteiger charge is 2.05. The molecule has 0 aliphatic rings. The molecule has 0 saturated carbocycles. The largest absolute Gasteiger partial charge is 0.310 e. The fraction of sp³-hybridized carbons (Fsp3) is 0.267. The molecule has 0 amide bonds. The quantitative estimate of drug-likeness (QED) is 0.890. The third kappa shape index (κ3) is 4.20. The molecular weight excluding hydrogens is 279 g/mol. The van der Waals surface area contributed by atoms with Crippen LogP contribution >= 0.6 is 23.2 Å². The second kappa shape index (κ2) is 6.90. The van der Waals surface area contributed by atoms with Gasteiger partial charge in [-0.05, 0) is 55.3 Å². The van der Waals surface area contributed by atoms with E-state index in [1.165, 1.54) is 5.56 Å². The number of nitrogens with one attached hydrogen (secondary N) is 1. The summed E-state index contributed by atoms with van der Waals surface area (Å²) in [6.07, 6.45) is 4.50. The lowest BCUT2D eigenvalue weighted by Gasteiger charge is -2.14. The second-order valence-corrected chi connectivity index (χ2v) is 5.29. The smallest absolute Gasteiger partial charge is 0.0453 e. The van der Waals surface area contributed by atoms with E-state index in [2.05, 4.69) is 17.2 Å². The molecule has 2 nitrogen and oxygen atoms in total. The minimum atomic E-state index is 0.300. The Hall–Kier alpha value is -1.09. The third-order valence-corrected chi connectivity index (χ3v) is 3.65. The molecule has 0 bridgehead atoms. The number of pyridine rings is 1. The van der Waals surface area contributed by atoms with Gasteiger partial charge in [-0.3, -0.25) is 4.98 Å². The topological polar surface area (TPSA) is 24.9 Å². The lowest BCUT2D eigenvalue weighted by Crippen LogP contribution is -2.21. The molecular formula is C15H16Cl2N2. The molecule has 100 valence electrons. The number of halogens is 2. The predicted octanol–water partition coefficient (Wildman–Crippen LogP) is 4.28. The number of nitrogens with zero attached hydrogens (tertiary/aromatic N) is 1. The van der Waals surface area contributed by atoms with E-state index in [1.54, 1.807) is 6.07 Å². The van der Waals surface area contributed by atoms with Crippen molar-refractivity contribution < 1.29 is 0 Å². The van der Waals surface area contributed by atoms with E-state index < -0.39 is 0 Å². The Balaban J connectivity index is 1.86. The molecule has 0 spiro atoms. The maximum atomic E-state index is 6.14. The van der Waals surface area contributed by atoms with Crippen LogP contribution in [0.3, 0.4) is 0 Å².